The highest BCUT2D eigenvalue weighted by atomic mass is 16.5. The first-order valence-electron chi connectivity index (χ1n) is 9.35. The Hall–Kier alpha value is -3.27. The summed E-state index contributed by atoms with van der Waals surface area (Å²) in [7, 11) is 1.65. The molecule has 0 bridgehead atoms. The molecule has 2 amide bonds. The second-order valence-corrected chi connectivity index (χ2v) is 6.94. The predicted molar refractivity (Wildman–Crippen MR) is 114 cm³/mol. The van der Waals surface area contributed by atoms with E-state index in [4.69, 9.17) is 4.74 Å². The summed E-state index contributed by atoms with van der Waals surface area (Å²) in [5.41, 5.74) is 5.20. The van der Waals surface area contributed by atoms with Crippen LogP contribution in [0.25, 0.3) is 0 Å². The maximum Gasteiger partial charge on any atom is 0.322 e. The van der Waals surface area contributed by atoms with E-state index >= 15 is 0 Å². The van der Waals surface area contributed by atoms with Crippen LogP contribution in [0.1, 0.15) is 22.3 Å². The molecule has 28 heavy (non-hydrogen) atoms. The van der Waals surface area contributed by atoms with Crippen molar-refractivity contribution < 1.29 is 9.53 Å². The molecule has 4 heteroatoms. The standard InChI is InChI=1S/C24H26N2O2/c1-18-9-14-23(19(2)15-18)25-24(27)26(16-20-7-5-4-6-8-20)17-21-10-12-22(28-3)13-11-21/h4-15H,16-17H2,1-3H3,(H,25,27). The quantitative estimate of drug-likeness (QED) is 0.615. The Labute approximate surface area is 166 Å². The highest BCUT2D eigenvalue weighted by Crippen LogP contribution is 2.19. The summed E-state index contributed by atoms with van der Waals surface area (Å²) >= 11 is 0. The maximum absolute atomic E-state index is 13.1. The second-order valence-electron chi connectivity index (χ2n) is 6.94. The van der Waals surface area contributed by atoms with E-state index in [9.17, 15) is 4.79 Å². The normalized spacial score (nSPS) is 10.4. The molecule has 0 heterocycles. The number of carbonyl (C=O) groups is 1. The van der Waals surface area contributed by atoms with Crippen molar-refractivity contribution in [3.8, 4) is 5.75 Å². The monoisotopic (exact) mass is 374 g/mol. The van der Waals surface area contributed by atoms with Crippen LogP contribution in [0.5, 0.6) is 5.75 Å². The minimum Gasteiger partial charge on any atom is -0.497 e. The van der Waals surface area contributed by atoms with Crippen molar-refractivity contribution >= 4 is 11.7 Å². The SMILES string of the molecule is COc1ccc(CN(Cc2ccccc2)C(=O)Nc2ccc(C)cc2C)cc1. The van der Waals surface area contributed by atoms with E-state index in [0.717, 1.165) is 28.1 Å². The fourth-order valence-electron chi connectivity index (χ4n) is 3.10. The fraction of sp³-hybridized carbons (Fsp3) is 0.208. The van der Waals surface area contributed by atoms with Crippen LogP contribution in [0, 0.1) is 13.8 Å². The van der Waals surface area contributed by atoms with E-state index < -0.39 is 0 Å². The van der Waals surface area contributed by atoms with Gasteiger partial charge in [0.25, 0.3) is 0 Å². The molecular formula is C24H26N2O2. The number of urea groups is 1. The lowest BCUT2D eigenvalue weighted by atomic mass is 10.1. The summed E-state index contributed by atoms with van der Waals surface area (Å²) in [5.74, 6) is 0.804. The summed E-state index contributed by atoms with van der Waals surface area (Å²) in [6, 6.07) is 23.7. The van der Waals surface area contributed by atoms with Gasteiger partial charge in [0.2, 0.25) is 0 Å². The number of amides is 2. The molecule has 0 aromatic heterocycles. The van der Waals surface area contributed by atoms with Crippen LogP contribution in [0.3, 0.4) is 0 Å². The van der Waals surface area contributed by atoms with Gasteiger partial charge in [-0.2, -0.15) is 0 Å². The van der Waals surface area contributed by atoms with Gasteiger partial charge in [-0.1, -0.05) is 60.2 Å². The molecule has 0 unspecified atom stereocenters. The van der Waals surface area contributed by atoms with E-state index in [2.05, 4.69) is 11.4 Å². The number of methoxy groups -OCH3 is 1. The average molecular weight is 374 g/mol. The summed E-state index contributed by atoms with van der Waals surface area (Å²) in [4.78, 5) is 14.9. The van der Waals surface area contributed by atoms with Gasteiger partial charge in [0.05, 0.1) is 7.11 Å². The van der Waals surface area contributed by atoms with E-state index in [0.29, 0.717) is 13.1 Å². The Kier molecular flexibility index (Phi) is 6.33. The molecule has 0 fully saturated rings. The maximum atomic E-state index is 13.1. The number of carbonyl (C=O) groups excluding carboxylic acids is 1. The van der Waals surface area contributed by atoms with Crippen molar-refractivity contribution in [1.29, 1.82) is 0 Å². The van der Waals surface area contributed by atoms with Gasteiger partial charge in [-0.15, -0.1) is 0 Å². The van der Waals surface area contributed by atoms with Crippen LogP contribution in [-0.2, 0) is 13.1 Å². The molecule has 0 radical (unpaired) electrons. The van der Waals surface area contributed by atoms with Gasteiger partial charge in [-0.3, -0.25) is 0 Å². The number of hydrogen-bond donors (Lipinski definition) is 1. The molecule has 0 aliphatic heterocycles. The molecule has 0 saturated carbocycles. The van der Waals surface area contributed by atoms with Crippen molar-refractivity contribution in [2.75, 3.05) is 12.4 Å². The van der Waals surface area contributed by atoms with E-state index in [1.807, 2.05) is 85.5 Å². The molecule has 1 N–H and O–H groups in total. The number of aryl methyl sites for hydroxylation is 2. The van der Waals surface area contributed by atoms with Gasteiger partial charge < -0.3 is 15.0 Å². The molecule has 0 saturated heterocycles. The zero-order chi connectivity index (χ0) is 19.9. The first kappa shape index (κ1) is 19.5. The average Bonchev–Trinajstić information content (AvgIpc) is 2.71. The highest BCUT2D eigenvalue weighted by Gasteiger charge is 2.16. The number of rotatable bonds is 6. The van der Waals surface area contributed by atoms with Crippen molar-refractivity contribution in [3.63, 3.8) is 0 Å². The third-order valence-corrected chi connectivity index (χ3v) is 4.66. The zero-order valence-electron chi connectivity index (χ0n) is 16.6. The number of ether oxygens (including phenoxy) is 1. The van der Waals surface area contributed by atoms with Gasteiger partial charge >= 0.3 is 6.03 Å². The van der Waals surface area contributed by atoms with E-state index in [1.165, 1.54) is 5.56 Å². The summed E-state index contributed by atoms with van der Waals surface area (Å²) < 4.78 is 5.23. The fourth-order valence-corrected chi connectivity index (χ4v) is 3.10. The van der Waals surface area contributed by atoms with Gasteiger partial charge in [-0.25, -0.2) is 4.79 Å². The van der Waals surface area contributed by atoms with Gasteiger partial charge in [-0.05, 0) is 48.7 Å². The summed E-state index contributed by atoms with van der Waals surface area (Å²) in [5, 5.41) is 3.06. The molecule has 144 valence electrons. The first-order valence-corrected chi connectivity index (χ1v) is 9.35. The Morgan fingerprint density at radius 2 is 1.54 bits per heavy atom. The van der Waals surface area contributed by atoms with Gasteiger partial charge in [0, 0.05) is 18.8 Å². The Morgan fingerprint density at radius 1 is 0.893 bits per heavy atom. The van der Waals surface area contributed by atoms with Crippen LogP contribution in [0.2, 0.25) is 0 Å². The molecule has 0 aliphatic carbocycles. The zero-order valence-corrected chi connectivity index (χ0v) is 16.6. The van der Waals surface area contributed by atoms with Crippen molar-refractivity contribution in [2.24, 2.45) is 0 Å². The topological polar surface area (TPSA) is 41.6 Å². The smallest absolute Gasteiger partial charge is 0.322 e. The van der Waals surface area contributed by atoms with Crippen LogP contribution < -0.4 is 10.1 Å². The Morgan fingerprint density at radius 3 is 2.14 bits per heavy atom. The summed E-state index contributed by atoms with van der Waals surface area (Å²) in [6.45, 7) is 5.09. The van der Waals surface area contributed by atoms with Crippen LogP contribution >= 0.6 is 0 Å². The minimum atomic E-state index is -0.119. The lowest BCUT2D eigenvalue weighted by Gasteiger charge is -2.24. The largest absolute Gasteiger partial charge is 0.497 e. The van der Waals surface area contributed by atoms with E-state index in [-0.39, 0.29) is 6.03 Å². The van der Waals surface area contributed by atoms with Crippen molar-refractivity contribution in [2.45, 2.75) is 26.9 Å². The number of nitrogens with one attached hydrogen (secondary N) is 1. The minimum absolute atomic E-state index is 0.119. The summed E-state index contributed by atoms with van der Waals surface area (Å²) in [6.07, 6.45) is 0. The number of nitrogens with zero attached hydrogens (tertiary/aromatic N) is 1. The molecule has 3 aromatic rings. The second kappa shape index (κ2) is 9.09. The predicted octanol–water partition coefficient (Wildman–Crippen LogP) is 5.55. The lowest BCUT2D eigenvalue weighted by Crippen LogP contribution is -2.34. The van der Waals surface area contributed by atoms with Crippen LogP contribution in [0.4, 0.5) is 10.5 Å². The third kappa shape index (κ3) is 5.13. The molecule has 0 atom stereocenters. The molecular weight excluding hydrogens is 348 g/mol. The Balaban J connectivity index is 1.80. The Bertz CT molecular complexity index is 921. The van der Waals surface area contributed by atoms with Crippen molar-refractivity contribution in [3.05, 3.63) is 95.1 Å². The van der Waals surface area contributed by atoms with Crippen LogP contribution in [-0.4, -0.2) is 18.0 Å². The highest BCUT2D eigenvalue weighted by molar-refractivity contribution is 5.90. The molecule has 4 nitrogen and oxygen atoms in total. The number of anilines is 1. The van der Waals surface area contributed by atoms with Gasteiger partial charge in [0.15, 0.2) is 0 Å². The molecule has 3 rings (SSSR count). The molecule has 3 aromatic carbocycles. The van der Waals surface area contributed by atoms with Crippen LogP contribution in [0.15, 0.2) is 72.8 Å². The lowest BCUT2D eigenvalue weighted by molar-refractivity contribution is 0.206. The van der Waals surface area contributed by atoms with E-state index in [1.54, 1.807) is 7.11 Å². The molecule has 0 aliphatic rings. The number of benzene rings is 3. The molecule has 0 spiro atoms. The third-order valence-electron chi connectivity index (χ3n) is 4.66. The first-order chi connectivity index (χ1) is 13.5. The number of hydrogen-bond acceptors (Lipinski definition) is 2. The van der Waals surface area contributed by atoms with Crippen molar-refractivity contribution in [1.82, 2.24) is 4.90 Å². The van der Waals surface area contributed by atoms with Gasteiger partial charge in [0.1, 0.15) is 5.75 Å².